The summed E-state index contributed by atoms with van der Waals surface area (Å²) in [6, 6.07) is 93.7. The van der Waals surface area contributed by atoms with Crippen LogP contribution < -0.4 is 36.2 Å². The molecular weight excluding hydrogens is 1140 g/mol. The molecule has 0 heterocycles. The summed E-state index contributed by atoms with van der Waals surface area (Å²) in [5.74, 6) is -0.778. The quantitative estimate of drug-likeness (QED) is 0.0899. The van der Waals surface area contributed by atoms with E-state index < -0.39 is 46.2 Å². The number of benzene rings is 9. The molecule has 0 saturated carbocycles. The normalized spacial score (nSPS) is 12.3. The molecule has 4 nitrogen and oxygen atoms in total. The molecule has 0 aliphatic carbocycles. The van der Waals surface area contributed by atoms with Crippen molar-refractivity contribution in [2.24, 2.45) is 0 Å². The molecule has 9 aromatic carbocycles. The molecule has 0 saturated heterocycles. The molecule has 330 valence electrons. The van der Waals surface area contributed by atoms with Crippen molar-refractivity contribution in [3.63, 3.8) is 0 Å². The first-order valence-corrected chi connectivity index (χ1v) is 40.3. The van der Waals surface area contributed by atoms with Gasteiger partial charge in [0.1, 0.15) is 0 Å². The summed E-state index contributed by atoms with van der Waals surface area (Å²) in [5.41, 5.74) is 0. The van der Waals surface area contributed by atoms with Crippen LogP contribution in [-0.2, 0) is 15.2 Å². The molecule has 0 fully saturated rings. The van der Waals surface area contributed by atoms with Gasteiger partial charge in [0, 0.05) is 0 Å². The van der Waals surface area contributed by atoms with Crippen molar-refractivity contribution < 1.29 is 15.2 Å². The summed E-state index contributed by atoms with van der Waals surface area (Å²) in [6.45, 7) is 0. The predicted octanol–water partition coefficient (Wildman–Crippen LogP) is 7.31. The molecule has 0 radical (unpaired) electrons. The molecule has 0 aliphatic heterocycles. The fourth-order valence-corrected chi connectivity index (χ4v) is 48.1. The molecule has 7 heteroatoms. The van der Waals surface area contributed by atoms with Crippen LogP contribution in [0.1, 0.15) is 12.8 Å². The first-order chi connectivity index (χ1) is 33.0. The Morgan fingerprint density at radius 3 is 0.657 bits per heavy atom. The molecular formula is C60H53BiGe2O4. The Kier molecular flexibility index (Phi) is 14.3. The van der Waals surface area contributed by atoms with Gasteiger partial charge in [-0.15, -0.1) is 0 Å². The molecule has 0 atom stereocenters. The van der Waals surface area contributed by atoms with Crippen LogP contribution >= 0.6 is 0 Å². The van der Waals surface area contributed by atoms with E-state index in [0.717, 1.165) is 9.81 Å². The molecule has 0 unspecified atom stereocenters. The molecule has 0 aromatic heterocycles. The van der Waals surface area contributed by atoms with E-state index in [4.69, 9.17) is 5.63 Å². The van der Waals surface area contributed by atoms with Gasteiger partial charge < -0.3 is 0 Å². The van der Waals surface area contributed by atoms with E-state index in [1.807, 2.05) is 127 Å². The van der Waals surface area contributed by atoms with Crippen LogP contribution in [0.4, 0.5) is 0 Å². The molecule has 0 N–H and O–H groups in total. The minimum atomic E-state index is -6.49. The molecule has 9 aromatic rings. The third-order valence-electron chi connectivity index (χ3n) is 13.2. The van der Waals surface area contributed by atoms with Gasteiger partial charge in [-0.3, -0.25) is 0 Å². The van der Waals surface area contributed by atoms with Crippen LogP contribution in [-0.4, -0.2) is 58.1 Å². The van der Waals surface area contributed by atoms with Gasteiger partial charge >= 0.3 is 406 Å². The second kappa shape index (κ2) is 20.8. The first kappa shape index (κ1) is 46.0. The molecule has 67 heavy (non-hydrogen) atoms. The Bertz CT molecular complexity index is 2540. The average Bonchev–Trinajstić information content (AvgIpc) is 3.41. The van der Waals surface area contributed by atoms with Gasteiger partial charge in [-0.2, -0.15) is 0 Å². The SMILES string of the molecule is O=C(C[CH2][Ge]([c]1ccccc1)([c]1ccccc1)[c]1ccccc1)[O][Bi]([O]C(=O)C[CH2][Ge]([c]1ccccc1)([c]1ccccc1)[c]1ccccc1)([c]1ccccc1)([c]1ccccc1)[c]1ccccc1. The topological polar surface area (TPSA) is 52.6 Å². The van der Waals surface area contributed by atoms with E-state index in [1.54, 1.807) is 0 Å². The average molecular weight is 1190 g/mol. The fourth-order valence-electron chi connectivity index (χ4n) is 10.1. The number of hydrogen-bond acceptors (Lipinski definition) is 4. The zero-order valence-corrected chi connectivity index (χ0v) is 45.1. The number of rotatable bonds is 17. The van der Waals surface area contributed by atoms with Crippen LogP contribution in [0.5, 0.6) is 0 Å². The predicted molar refractivity (Wildman–Crippen MR) is 283 cm³/mol. The monoisotopic (exact) mass is 1190 g/mol. The standard InChI is InChI=1S/2C21H20GeO2.3C6H5.Bi/c2*23-21(24)16-17-22(18-10-4-1-5-11-18,19-12-6-2-7-13-19)20-14-8-3-9-15-20;3*1-2-4-6-5-3-1;/h2*1-15H,16-17H2,(H,23,24);3*1-5H;/q;;;;;+2/p-2. The number of carbonyl (C=O) groups is 2. The van der Waals surface area contributed by atoms with Gasteiger partial charge in [0.25, 0.3) is 0 Å². The summed E-state index contributed by atoms with van der Waals surface area (Å²) < 4.78 is 24.7. The number of carbonyl (C=O) groups excluding carboxylic acids is 2. The zero-order valence-electron chi connectivity index (χ0n) is 37.4. The first-order valence-electron chi connectivity index (χ1n) is 23.0. The van der Waals surface area contributed by atoms with Crippen molar-refractivity contribution in [3.8, 4) is 0 Å². The van der Waals surface area contributed by atoms with Crippen LogP contribution in [0.25, 0.3) is 0 Å². The van der Waals surface area contributed by atoms with Crippen molar-refractivity contribution in [3.05, 3.63) is 273 Å². The van der Waals surface area contributed by atoms with Crippen LogP contribution in [0.2, 0.25) is 10.5 Å². The third kappa shape index (κ3) is 8.93. The van der Waals surface area contributed by atoms with Gasteiger partial charge in [-0.05, 0) is 0 Å². The fraction of sp³-hybridized carbons (Fsp3) is 0.0667. The Balaban J connectivity index is 1.19. The van der Waals surface area contributed by atoms with Crippen molar-refractivity contribution in [2.45, 2.75) is 23.3 Å². The van der Waals surface area contributed by atoms with Gasteiger partial charge in [0.15, 0.2) is 0 Å². The summed E-state index contributed by atoms with van der Waals surface area (Å²) in [4.78, 5) is 31.3. The number of hydrogen-bond donors (Lipinski definition) is 0. The van der Waals surface area contributed by atoms with E-state index in [-0.39, 0.29) is 24.8 Å². The maximum absolute atomic E-state index is 15.7. The Morgan fingerprint density at radius 2 is 0.463 bits per heavy atom. The van der Waals surface area contributed by atoms with Crippen molar-refractivity contribution >= 4 is 94.3 Å². The Morgan fingerprint density at radius 1 is 0.284 bits per heavy atom. The molecule has 0 amide bonds. The van der Waals surface area contributed by atoms with E-state index in [2.05, 4.69) is 146 Å². The second-order valence-electron chi connectivity index (χ2n) is 16.9. The molecule has 9 rings (SSSR count). The second-order valence-corrected chi connectivity index (χ2v) is 48.7. The van der Waals surface area contributed by atoms with Gasteiger partial charge in [0.2, 0.25) is 0 Å². The third-order valence-corrected chi connectivity index (χ3v) is 52.7. The maximum atomic E-state index is 15.7. The van der Waals surface area contributed by atoms with E-state index in [1.165, 1.54) is 26.4 Å². The minimum absolute atomic E-state index is 0.113. The molecule has 0 spiro atoms. The summed E-state index contributed by atoms with van der Waals surface area (Å²) in [5, 5.41) is 1.16. The summed E-state index contributed by atoms with van der Waals surface area (Å²) in [7, 11) is 0. The van der Waals surface area contributed by atoms with E-state index >= 15 is 9.59 Å². The van der Waals surface area contributed by atoms with Crippen LogP contribution in [0, 0.1) is 0 Å². The van der Waals surface area contributed by atoms with Crippen molar-refractivity contribution in [2.75, 3.05) is 0 Å². The van der Waals surface area contributed by atoms with Crippen LogP contribution in [0.15, 0.2) is 273 Å². The molecule has 0 bridgehead atoms. The van der Waals surface area contributed by atoms with E-state index in [0.29, 0.717) is 10.5 Å². The summed E-state index contributed by atoms with van der Waals surface area (Å²) in [6.07, 6.45) is 0.226. The zero-order chi connectivity index (χ0) is 45.9. The van der Waals surface area contributed by atoms with Crippen molar-refractivity contribution in [1.82, 2.24) is 0 Å². The summed E-state index contributed by atoms with van der Waals surface area (Å²) >= 11 is -13.7. The van der Waals surface area contributed by atoms with Gasteiger partial charge in [-0.25, -0.2) is 0 Å². The Labute approximate surface area is 402 Å². The molecule has 0 aliphatic rings. The van der Waals surface area contributed by atoms with Gasteiger partial charge in [0.05, 0.1) is 0 Å². The Hall–Kier alpha value is -6.11. The van der Waals surface area contributed by atoms with Crippen LogP contribution in [0.3, 0.4) is 0 Å². The van der Waals surface area contributed by atoms with Crippen molar-refractivity contribution in [1.29, 1.82) is 0 Å². The van der Waals surface area contributed by atoms with E-state index in [9.17, 15) is 0 Å². The van der Waals surface area contributed by atoms with Gasteiger partial charge in [-0.1, -0.05) is 0 Å².